The van der Waals surface area contributed by atoms with Crippen LogP contribution < -0.4 is 20.2 Å². The molecule has 1 aromatic heterocycles. The number of rotatable bonds is 8. The molecule has 1 heterocycles. The molecule has 0 aliphatic heterocycles. The number of methoxy groups -OCH3 is 1. The van der Waals surface area contributed by atoms with Gasteiger partial charge in [-0.1, -0.05) is 30.3 Å². The van der Waals surface area contributed by atoms with E-state index in [0.717, 1.165) is 11.6 Å². The second kappa shape index (κ2) is 9.57. The van der Waals surface area contributed by atoms with Crippen molar-refractivity contribution in [2.45, 2.75) is 13.2 Å². The van der Waals surface area contributed by atoms with Crippen molar-refractivity contribution in [2.24, 2.45) is 7.05 Å². The average molecular weight is 423 g/mol. The number of aromatic nitrogens is 1. The smallest absolute Gasteiger partial charge is 0.311 e. The Balaban J connectivity index is 1.68. The van der Waals surface area contributed by atoms with Crippen LogP contribution in [0, 0.1) is 10.1 Å². The Morgan fingerprint density at radius 2 is 1.87 bits per heavy atom. The van der Waals surface area contributed by atoms with Gasteiger partial charge in [-0.25, -0.2) is 0 Å². The number of carbonyl (C=O) groups excluding carboxylic acids is 1. The van der Waals surface area contributed by atoms with E-state index in [-0.39, 0.29) is 41.3 Å². The van der Waals surface area contributed by atoms with Crippen LogP contribution in [0.2, 0.25) is 0 Å². The Morgan fingerprint density at radius 3 is 2.55 bits per heavy atom. The molecular formula is C22H21N3O6. The molecule has 9 heteroatoms. The predicted octanol–water partition coefficient (Wildman–Crippen LogP) is 2.81. The summed E-state index contributed by atoms with van der Waals surface area (Å²) < 4.78 is 12.2. The zero-order valence-corrected chi connectivity index (χ0v) is 17.0. The number of hydrogen-bond acceptors (Lipinski definition) is 6. The van der Waals surface area contributed by atoms with Crippen molar-refractivity contribution in [3.63, 3.8) is 0 Å². The summed E-state index contributed by atoms with van der Waals surface area (Å²) in [6.07, 6.45) is 1.56. The van der Waals surface area contributed by atoms with Crippen molar-refractivity contribution < 1.29 is 19.2 Å². The first-order chi connectivity index (χ1) is 14.9. The van der Waals surface area contributed by atoms with Crippen molar-refractivity contribution in [2.75, 3.05) is 7.11 Å². The minimum atomic E-state index is -0.618. The lowest BCUT2D eigenvalue weighted by atomic mass is 10.1. The van der Waals surface area contributed by atoms with Gasteiger partial charge < -0.3 is 19.4 Å². The fourth-order valence-electron chi connectivity index (χ4n) is 2.91. The van der Waals surface area contributed by atoms with Gasteiger partial charge in [0, 0.05) is 30.4 Å². The maximum absolute atomic E-state index is 12.4. The first-order valence-corrected chi connectivity index (χ1v) is 9.36. The molecule has 0 aliphatic carbocycles. The van der Waals surface area contributed by atoms with Gasteiger partial charge in [-0.05, 0) is 17.7 Å². The summed E-state index contributed by atoms with van der Waals surface area (Å²) in [7, 11) is 3.05. The normalized spacial score (nSPS) is 10.4. The lowest BCUT2D eigenvalue weighted by molar-refractivity contribution is -0.385. The first-order valence-electron chi connectivity index (χ1n) is 9.36. The molecule has 1 N–H and O–H groups in total. The highest BCUT2D eigenvalue weighted by atomic mass is 16.6. The van der Waals surface area contributed by atoms with Gasteiger partial charge in [0.2, 0.25) is 5.43 Å². The highest BCUT2D eigenvalue weighted by Gasteiger charge is 2.18. The molecule has 3 aromatic rings. The van der Waals surface area contributed by atoms with E-state index < -0.39 is 10.8 Å². The van der Waals surface area contributed by atoms with Gasteiger partial charge in [-0.3, -0.25) is 19.7 Å². The van der Waals surface area contributed by atoms with Gasteiger partial charge in [-0.15, -0.1) is 0 Å². The predicted molar refractivity (Wildman–Crippen MR) is 113 cm³/mol. The lowest BCUT2D eigenvalue weighted by Crippen LogP contribution is -2.26. The molecule has 0 bridgehead atoms. The fraction of sp³-hybridized carbons (Fsp3) is 0.182. The third-order valence-corrected chi connectivity index (χ3v) is 4.61. The molecule has 0 radical (unpaired) electrons. The molecule has 3 rings (SSSR count). The largest absolute Gasteiger partial charge is 0.490 e. The van der Waals surface area contributed by atoms with E-state index in [9.17, 15) is 19.7 Å². The van der Waals surface area contributed by atoms with Gasteiger partial charge in [-0.2, -0.15) is 0 Å². The van der Waals surface area contributed by atoms with E-state index in [0.29, 0.717) is 5.69 Å². The molecule has 0 saturated carbocycles. The van der Waals surface area contributed by atoms with Crippen LogP contribution >= 0.6 is 0 Å². The van der Waals surface area contributed by atoms with Crippen molar-refractivity contribution in [3.8, 4) is 11.5 Å². The molecule has 0 aliphatic rings. The van der Waals surface area contributed by atoms with E-state index in [1.54, 1.807) is 17.8 Å². The molecule has 9 nitrogen and oxygen atoms in total. The maximum Gasteiger partial charge on any atom is 0.311 e. The highest BCUT2D eigenvalue weighted by molar-refractivity contribution is 5.95. The number of aryl methyl sites for hydroxylation is 1. The zero-order valence-electron chi connectivity index (χ0n) is 17.0. The van der Waals surface area contributed by atoms with E-state index in [4.69, 9.17) is 9.47 Å². The second-order valence-corrected chi connectivity index (χ2v) is 6.70. The Labute approximate surface area is 178 Å². The summed E-state index contributed by atoms with van der Waals surface area (Å²) in [4.78, 5) is 35.3. The van der Waals surface area contributed by atoms with Gasteiger partial charge in [0.05, 0.1) is 24.8 Å². The number of hydrogen-bond donors (Lipinski definition) is 1. The lowest BCUT2D eigenvalue weighted by Gasteiger charge is -2.13. The number of nitrogens with one attached hydrogen (secondary N) is 1. The molecule has 0 fully saturated rings. The van der Waals surface area contributed by atoms with Gasteiger partial charge in [0.15, 0.2) is 11.5 Å². The van der Waals surface area contributed by atoms with E-state index >= 15 is 0 Å². The fourth-order valence-corrected chi connectivity index (χ4v) is 2.91. The molecule has 1 amide bonds. The van der Waals surface area contributed by atoms with Crippen molar-refractivity contribution >= 4 is 11.6 Å². The number of amides is 1. The van der Waals surface area contributed by atoms with Crippen LogP contribution in [0.5, 0.6) is 11.5 Å². The topological polar surface area (TPSA) is 113 Å². The van der Waals surface area contributed by atoms with Crippen molar-refractivity contribution in [1.29, 1.82) is 0 Å². The van der Waals surface area contributed by atoms with Crippen LogP contribution in [0.25, 0.3) is 0 Å². The molecule has 2 aromatic carbocycles. The van der Waals surface area contributed by atoms with E-state index in [1.165, 1.54) is 25.3 Å². The number of carbonyl (C=O) groups is 1. The number of benzene rings is 2. The Hall–Kier alpha value is -4.14. The first kappa shape index (κ1) is 21.6. The second-order valence-electron chi connectivity index (χ2n) is 6.70. The van der Waals surface area contributed by atoms with Gasteiger partial charge in [0.25, 0.3) is 5.91 Å². The zero-order chi connectivity index (χ0) is 22.4. The Bertz CT molecular complexity index is 1160. The van der Waals surface area contributed by atoms with Crippen LogP contribution in [-0.2, 0) is 20.2 Å². The summed E-state index contributed by atoms with van der Waals surface area (Å²) in [5, 5.41) is 13.8. The summed E-state index contributed by atoms with van der Waals surface area (Å²) in [6.45, 7) is 0.325. The van der Waals surface area contributed by atoms with Gasteiger partial charge in [0.1, 0.15) is 6.61 Å². The number of nitrogens with zero attached hydrogens (tertiary/aromatic N) is 2. The van der Waals surface area contributed by atoms with Crippen LogP contribution in [0.3, 0.4) is 0 Å². The van der Waals surface area contributed by atoms with Gasteiger partial charge >= 0.3 is 5.69 Å². The minimum Gasteiger partial charge on any atom is -0.490 e. The molecule has 160 valence electrons. The maximum atomic E-state index is 12.4. The Kier molecular flexibility index (Phi) is 6.66. The summed E-state index contributed by atoms with van der Waals surface area (Å²) in [5.41, 5.74) is 0.990. The minimum absolute atomic E-state index is 0.0589. The molecule has 0 spiro atoms. The molecule has 31 heavy (non-hydrogen) atoms. The van der Waals surface area contributed by atoms with Crippen LogP contribution in [0.15, 0.2) is 65.6 Å². The SMILES string of the molecule is COc1ccc(C(=O)NCc2cc(=O)c(OCc3ccccc3)cn2C)cc1[N+](=O)[O-]. The van der Waals surface area contributed by atoms with Crippen molar-refractivity contribution in [1.82, 2.24) is 9.88 Å². The summed E-state index contributed by atoms with van der Waals surface area (Å²) in [6, 6.07) is 14.8. The van der Waals surface area contributed by atoms with Crippen LogP contribution in [-0.4, -0.2) is 22.5 Å². The Morgan fingerprint density at radius 1 is 1.13 bits per heavy atom. The van der Waals surface area contributed by atoms with Crippen LogP contribution in [0.1, 0.15) is 21.6 Å². The third-order valence-electron chi connectivity index (χ3n) is 4.61. The molecule has 0 unspecified atom stereocenters. The molecular weight excluding hydrogens is 402 g/mol. The highest BCUT2D eigenvalue weighted by Crippen LogP contribution is 2.27. The quantitative estimate of drug-likeness (QED) is 0.440. The monoisotopic (exact) mass is 423 g/mol. The third kappa shape index (κ3) is 5.27. The summed E-state index contributed by atoms with van der Waals surface area (Å²) in [5.74, 6) is -0.246. The molecule has 0 saturated heterocycles. The standard InChI is InChI=1S/C22H21N3O6/c1-24-13-21(31-14-15-6-4-3-5-7-15)19(26)11-17(24)12-23-22(27)16-8-9-20(30-2)18(10-16)25(28)29/h3-11,13H,12,14H2,1-2H3,(H,23,27). The number of pyridine rings is 1. The summed E-state index contributed by atoms with van der Waals surface area (Å²) >= 11 is 0. The molecule has 0 atom stereocenters. The van der Waals surface area contributed by atoms with E-state index in [1.807, 2.05) is 30.3 Å². The average Bonchev–Trinajstić information content (AvgIpc) is 2.78. The number of ether oxygens (including phenoxy) is 2. The van der Waals surface area contributed by atoms with E-state index in [2.05, 4.69) is 5.32 Å². The van der Waals surface area contributed by atoms with Crippen molar-refractivity contribution in [3.05, 3.63) is 98.0 Å². The number of nitro groups is 1. The number of nitro benzene ring substituents is 1. The van der Waals surface area contributed by atoms with Crippen LogP contribution in [0.4, 0.5) is 5.69 Å².